The molecule has 0 radical (unpaired) electrons. The summed E-state index contributed by atoms with van der Waals surface area (Å²) in [4.78, 5) is 2.43. The van der Waals surface area contributed by atoms with Gasteiger partial charge in [-0.1, -0.05) is 25.4 Å². The second kappa shape index (κ2) is 6.47. The Hall–Kier alpha value is -0.250. The molecule has 1 aromatic carbocycles. The molecule has 1 saturated heterocycles. The highest BCUT2D eigenvalue weighted by Crippen LogP contribution is 2.32. The molecule has 4 heteroatoms. The fourth-order valence-corrected chi connectivity index (χ4v) is 3.52. The van der Waals surface area contributed by atoms with Gasteiger partial charge in [-0.3, -0.25) is 0 Å². The average Bonchev–Trinajstić information content (AvgIpc) is 2.33. The van der Waals surface area contributed by atoms with Crippen LogP contribution < -0.4 is 10.2 Å². The molecule has 19 heavy (non-hydrogen) atoms. The highest BCUT2D eigenvalue weighted by molar-refractivity contribution is 9.10. The summed E-state index contributed by atoms with van der Waals surface area (Å²) in [5, 5.41) is 4.45. The predicted molar refractivity (Wildman–Crippen MR) is 87.3 cm³/mol. The van der Waals surface area contributed by atoms with Gasteiger partial charge < -0.3 is 10.2 Å². The van der Waals surface area contributed by atoms with E-state index in [4.69, 9.17) is 11.6 Å². The van der Waals surface area contributed by atoms with Crippen molar-refractivity contribution < 1.29 is 0 Å². The summed E-state index contributed by atoms with van der Waals surface area (Å²) in [6.45, 7) is 9.72. The molecule has 2 nitrogen and oxygen atoms in total. The average molecular weight is 346 g/mol. The first kappa shape index (κ1) is 15.1. The van der Waals surface area contributed by atoms with E-state index in [1.807, 2.05) is 6.92 Å². The molecule has 0 amide bonds. The number of nitrogens with zero attached hydrogens (tertiary/aromatic N) is 1. The molecule has 1 atom stereocenters. The van der Waals surface area contributed by atoms with Crippen LogP contribution in [0.15, 0.2) is 16.6 Å². The lowest BCUT2D eigenvalue weighted by molar-refractivity contribution is 0.388. The van der Waals surface area contributed by atoms with Crippen LogP contribution in [0.1, 0.15) is 25.8 Å². The van der Waals surface area contributed by atoms with Gasteiger partial charge in [0.1, 0.15) is 0 Å². The van der Waals surface area contributed by atoms with E-state index in [2.05, 4.69) is 52.1 Å². The standard InChI is InChI=1S/C15H22BrClN2/c1-10(2)6-12-9-19(5-4-18-12)15-8-14(17)11(3)7-13(15)16/h7-8,10,12,18H,4-6,9H2,1-3H3. The van der Waals surface area contributed by atoms with Gasteiger partial charge >= 0.3 is 0 Å². The number of halogens is 2. The molecular formula is C15H22BrClN2. The van der Waals surface area contributed by atoms with Gasteiger partial charge in [0, 0.05) is 35.2 Å². The number of anilines is 1. The van der Waals surface area contributed by atoms with Crippen LogP contribution in [-0.2, 0) is 0 Å². The SMILES string of the molecule is Cc1cc(Br)c(N2CCNC(CC(C)C)C2)cc1Cl. The summed E-state index contributed by atoms with van der Waals surface area (Å²) in [5.41, 5.74) is 2.33. The third-order valence-corrected chi connectivity index (χ3v) is 4.62. The van der Waals surface area contributed by atoms with E-state index >= 15 is 0 Å². The van der Waals surface area contributed by atoms with Crippen LogP contribution in [0.25, 0.3) is 0 Å². The molecule has 1 aliphatic rings. The van der Waals surface area contributed by atoms with Gasteiger partial charge in [0.05, 0.1) is 5.69 Å². The van der Waals surface area contributed by atoms with E-state index < -0.39 is 0 Å². The zero-order valence-electron chi connectivity index (χ0n) is 11.8. The van der Waals surface area contributed by atoms with Crippen LogP contribution >= 0.6 is 27.5 Å². The Morgan fingerprint density at radius 2 is 2.21 bits per heavy atom. The fraction of sp³-hybridized carbons (Fsp3) is 0.600. The second-order valence-electron chi connectivity index (χ2n) is 5.78. The largest absolute Gasteiger partial charge is 0.368 e. The van der Waals surface area contributed by atoms with Crippen molar-refractivity contribution in [2.75, 3.05) is 24.5 Å². The second-order valence-corrected chi connectivity index (χ2v) is 7.04. The zero-order valence-corrected chi connectivity index (χ0v) is 14.2. The first-order chi connectivity index (χ1) is 8.97. The van der Waals surface area contributed by atoms with Crippen LogP contribution in [0, 0.1) is 12.8 Å². The Morgan fingerprint density at radius 1 is 1.47 bits per heavy atom. The minimum absolute atomic E-state index is 0.570. The third kappa shape index (κ3) is 3.87. The minimum atomic E-state index is 0.570. The molecule has 1 heterocycles. The molecular weight excluding hydrogens is 324 g/mol. The quantitative estimate of drug-likeness (QED) is 0.881. The normalized spacial score (nSPS) is 20.1. The van der Waals surface area contributed by atoms with Crippen molar-refractivity contribution >= 4 is 33.2 Å². The van der Waals surface area contributed by atoms with E-state index in [0.717, 1.165) is 40.6 Å². The lowest BCUT2D eigenvalue weighted by Crippen LogP contribution is -2.51. The maximum atomic E-state index is 6.26. The summed E-state index contributed by atoms with van der Waals surface area (Å²) < 4.78 is 1.14. The Morgan fingerprint density at radius 3 is 2.89 bits per heavy atom. The van der Waals surface area contributed by atoms with Gasteiger partial charge in [0.25, 0.3) is 0 Å². The number of rotatable bonds is 3. The van der Waals surface area contributed by atoms with Gasteiger partial charge in [-0.2, -0.15) is 0 Å². The molecule has 0 aliphatic carbocycles. The van der Waals surface area contributed by atoms with Gasteiger partial charge in [-0.05, 0) is 52.9 Å². The third-order valence-electron chi connectivity index (χ3n) is 3.58. The lowest BCUT2D eigenvalue weighted by Gasteiger charge is -2.36. The molecule has 1 unspecified atom stereocenters. The van der Waals surface area contributed by atoms with E-state index in [9.17, 15) is 0 Å². The van der Waals surface area contributed by atoms with Crippen LogP contribution in [0.3, 0.4) is 0 Å². The maximum Gasteiger partial charge on any atom is 0.0526 e. The van der Waals surface area contributed by atoms with Gasteiger partial charge in [0.15, 0.2) is 0 Å². The van der Waals surface area contributed by atoms with Crippen molar-refractivity contribution in [3.63, 3.8) is 0 Å². The first-order valence-electron chi connectivity index (χ1n) is 6.91. The number of piperazine rings is 1. The van der Waals surface area contributed by atoms with E-state index in [0.29, 0.717) is 6.04 Å². The molecule has 0 aromatic heterocycles. The number of hydrogen-bond acceptors (Lipinski definition) is 2. The highest BCUT2D eigenvalue weighted by Gasteiger charge is 2.22. The van der Waals surface area contributed by atoms with Crippen molar-refractivity contribution in [2.45, 2.75) is 33.2 Å². The molecule has 0 bridgehead atoms. The molecule has 0 spiro atoms. The van der Waals surface area contributed by atoms with E-state index in [1.54, 1.807) is 0 Å². The zero-order chi connectivity index (χ0) is 14.0. The van der Waals surface area contributed by atoms with Crippen LogP contribution in [0.2, 0.25) is 5.02 Å². The van der Waals surface area contributed by atoms with Crippen LogP contribution in [-0.4, -0.2) is 25.7 Å². The van der Waals surface area contributed by atoms with Crippen molar-refractivity contribution in [2.24, 2.45) is 5.92 Å². The summed E-state index contributed by atoms with van der Waals surface area (Å²) >= 11 is 9.93. The van der Waals surface area contributed by atoms with Crippen LogP contribution in [0.5, 0.6) is 0 Å². The summed E-state index contributed by atoms with van der Waals surface area (Å²) in [6.07, 6.45) is 1.22. The number of nitrogens with one attached hydrogen (secondary N) is 1. The number of aryl methyl sites for hydroxylation is 1. The molecule has 1 aromatic rings. The summed E-state index contributed by atoms with van der Waals surface area (Å²) in [7, 11) is 0. The van der Waals surface area contributed by atoms with Crippen molar-refractivity contribution in [3.05, 3.63) is 27.2 Å². The molecule has 1 fully saturated rings. The van der Waals surface area contributed by atoms with Crippen molar-refractivity contribution in [1.29, 1.82) is 0 Å². The molecule has 106 valence electrons. The fourth-order valence-electron chi connectivity index (χ4n) is 2.65. The van der Waals surface area contributed by atoms with Gasteiger partial charge in [0.2, 0.25) is 0 Å². The summed E-state index contributed by atoms with van der Waals surface area (Å²) in [6, 6.07) is 4.76. The monoisotopic (exact) mass is 344 g/mol. The Balaban J connectivity index is 2.15. The molecule has 1 aliphatic heterocycles. The minimum Gasteiger partial charge on any atom is -0.368 e. The molecule has 2 rings (SSSR count). The maximum absolute atomic E-state index is 6.26. The van der Waals surface area contributed by atoms with Gasteiger partial charge in [-0.15, -0.1) is 0 Å². The smallest absolute Gasteiger partial charge is 0.0526 e. The Kier molecular flexibility index (Phi) is 5.15. The van der Waals surface area contributed by atoms with Crippen LogP contribution in [0.4, 0.5) is 5.69 Å². The van der Waals surface area contributed by atoms with Gasteiger partial charge in [-0.25, -0.2) is 0 Å². The first-order valence-corrected chi connectivity index (χ1v) is 8.08. The van der Waals surface area contributed by atoms with E-state index in [1.165, 1.54) is 12.1 Å². The van der Waals surface area contributed by atoms with Crippen molar-refractivity contribution in [3.8, 4) is 0 Å². The van der Waals surface area contributed by atoms with Crippen molar-refractivity contribution in [1.82, 2.24) is 5.32 Å². The lowest BCUT2D eigenvalue weighted by atomic mass is 10.0. The molecule has 1 N–H and O–H groups in total. The number of hydrogen-bond donors (Lipinski definition) is 1. The Labute approximate surface area is 129 Å². The molecule has 0 saturated carbocycles. The highest BCUT2D eigenvalue weighted by atomic mass is 79.9. The topological polar surface area (TPSA) is 15.3 Å². The number of benzene rings is 1. The predicted octanol–water partition coefficient (Wildman–Crippen LogP) is 4.24. The van der Waals surface area contributed by atoms with E-state index in [-0.39, 0.29) is 0 Å². The summed E-state index contributed by atoms with van der Waals surface area (Å²) in [5.74, 6) is 0.725. The Bertz CT molecular complexity index is 448.